The van der Waals surface area contributed by atoms with Crippen LogP contribution in [-0.4, -0.2) is 25.0 Å². The van der Waals surface area contributed by atoms with Crippen molar-refractivity contribution < 1.29 is 0 Å². The molecule has 0 bridgehead atoms. The van der Waals surface area contributed by atoms with Crippen LogP contribution in [0, 0.1) is 23.2 Å². The van der Waals surface area contributed by atoms with E-state index < -0.39 is 0 Å². The molecule has 2 fully saturated rings. The summed E-state index contributed by atoms with van der Waals surface area (Å²) in [4.78, 5) is 2.53. The molecule has 0 aromatic rings. The summed E-state index contributed by atoms with van der Waals surface area (Å²) in [6, 6.07) is 0. The summed E-state index contributed by atoms with van der Waals surface area (Å²) in [5.74, 6) is 3.08. The summed E-state index contributed by atoms with van der Waals surface area (Å²) < 4.78 is 0. The molecule has 82 valence electrons. The van der Waals surface area contributed by atoms with Gasteiger partial charge in [0.1, 0.15) is 0 Å². The number of hydrogen-bond acceptors (Lipinski definition) is 1. The molecule has 1 aliphatic carbocycles. The maximum atomic E-state index is 2.53. The Hall–Kier alpha value is -0.0400. The molecular weight excluding hydrogens is 170 g/mol. The molecule has 0 N–H and O–H groups in total. The van der Waals surface area contributed by atoms with Crippen LogP contribution in [0.5, 0.6) is 0 Å². The second-order valence-corrected chi connectivity index (χ2v) is 6.75. The smallest absolute Gasteiger partial charge is 0.00125 e. The molecule has 1 heterocycles. The van der Waals surface area contributed by atoms with E-state index in [1.54, 1.807) is 0 Å². The molecule has 1 heteroatoms. The molecule has 1 saturated carbocycles. The quantitative estimate of drug-likeness (QED) is 0.621. The van der Waals surface area contributed by atoms with Crippen LogP contribution < -0.4 is 0 Å². The van der Waals surface area contributed by atoms with Gasteiger partial charge in [0.05, 0.1) is 0 Å². The van der Waals surface area contributed by atoms with Crippen molar-refractivity contribution in [1.29, 1.82) is 0 Å². The maximum absolute atomic E-state index is 2.53. The molecule has 3 unspecified atom stereocenters. The highest BCUT2D eigenvalue weighted by Gasteiger charge is 2.42. The summed E-state index contributed by atoms with van der Waals surface area (Å²) in [6.45, 7) is 9.90. The largest absolute Gasteiger partial charge is 0.306 e. The van der Waals surface area contributed by atoms with E-state index in [4.69, 9.17) is 0 Å². The first-order valence-electron chi connectivity index (χ1n) is 6.14. The minimum Gasteiger partial charge on any atom is -0.306 e. The number of rotatable bonds is 1. The Morgan fingerprint density at radius 2 is 1.86 bits per heavy atom. The zero-order chi connectivity index (χ0) is 10.3. The third-order valence-electron chi connectivity index (χ3n) is 4.06. The van der Waals surface area contributed by atoms with Gasteiger partial charge in [-0.15, -0.1) is 0 Å². The van der Waals surface area contributed by atoms with E-state index in [1.165, 1.54) is 32.4 Å². The van der Waals surface area contributed by atoms with Crippen LogP contribution >= 0.6 is 0 Å². The van der Waals surface area contributed by atoms with Gasteiger partial charge in [0.2, 0.25) is 0 Å². The van der Waals surface area contributed by atoms with Gasteiger partial charge in [0.25, 0.3) is 0 Å². The SMILES string of the molecule is CN1CC2CCC(CC(C)(C)C)C2C1. The van der Waals surface area contributed by atoms with Crippen molar-refractivity contribution in [3.63, 3.8) is 0 Å². The zero-order valence-corrected chi connectivity index (χ0v) is 10.2. The minimum absolute atomic E-state index is 0.528. The zero-order valence-electron chi connectivity index (χ0n) is 10.2. The fourth-order valence-electron chi connectivity index (χ4n) is 3.64. The van der Waals surface area contributed by atoms with Gasteiger partial charge in [-0.05, 0) is 49.5 Å². The Bertz CT molecular complexity index is 204. The number of fused-ring (bicyclic) bond motifs is 1. The first kappa shape index (κ1) is 10.5. The highest BCUT2D eigenvalue weighted by atomic mass is 15.1. The van der Waals surface area contributed by atoms with E-state index in [-0.39, 0.29) is 0 Å². The highest BCUT2D eigenvalue weighted by Crippen LogP contribution is 2.46. The van der Waals surface area contributed by atoms with Crippen LogP contribution in [0.2, 0.25) is 0 Å². The summed E-state index contributed by atoms with van der Waals surface area (Å²) in [6.07, 6.45) is 4.43. The molecule has 1 nitrogen and oxygen atoms in total. The normalized spacial score (nSPS) is 39.0. The lowest BCUT2D eigenvalue weighted by Crippen LogP contribution is -2.22. The van der Waals surface area contributed by atoms with E-state index in [2.05, 4.69) is 32.7 Å². The van der Waals surface area contributed by atoms with Gasteiger partial charge in [0.15, 0.2) is 0 Å². The van der Waals surface area contributed by atoms with Crippen LogP contribution in [0.15, 0.2) is 0 Å². The monoisotopic (exact) mass is 195 g/mol. The van der Waals surface area contributed by atoms with Crippen LogP contribution in [0.25, 0.3) is 0 Å². The molecule has 0 aromatic heterocycles. The van der Waals surface area contributed by atoms with Gasteiger partial charge in [-0.3, -0.25) is 0 Å². The van der Waals surface area contributed by atoms with Gasteiger partial charge in [0, 0.05) is 13.1 Å². The van der Waals surface area contributed by atoms with Crippen molar-refractivity contribution in [3.05, 3.63) is 0 Å². The lowest BCUT2D eigenvalue weighted by atomic mass is 9.79. The maximum Gasteiger partial charge on any atom is 0.00125 e. The average molecular weight is 195 g/mol. The Kier molecular flexibility index (Phi) is 2.63. The van der Waals surface area contributed by atoms with Crippen LogP contribution in [0.3, 0.4) is 0 Å². The van der Waals surface area contributed by atoms with E-state index >= 15 is 0 Å². The van der Waals surface area contributed by atoms with E-state index in [0.717, 1.165) is 17.8 Å². The second kappa shape index (κ2) is 3.52. The lowest BCUT2D eigenvalue weighted by Gasteiger charge is -2.27. The van der Waals surface area contributed by atoms with Crippen LogP contribution in [0.1, 0.15) is 40.0 Å². The molecule has 0 radical (unpaired) electrons. The molecule has 3 atom stereocenters. The van der Waals surface area contributed by atoms with E-state index in [0.29, 0.717) is 5.41 Å². The van der Waals surface area contributed by atoms with Gasteiger partial charge in [-0.2, -0.15) is 0 Å². The van der Waals surface area contributed by atoms with Crippen molar-refractivity contribution in [1.82, 2.24) is 4.90 Å². The Morgan fingerprint density at radius 3 is 2.50 bits per heavy atom. The van der Waals surface area contributed by atoms with Crippen LogP contribution in [-0.2, 0) is 0 Å². The average Bonchev–Trinajstić information content (AvgIpc) is 2.49. The number of hydrogen-bond donors (Lipinski definition) is 0. The number of likely N-dealkylation sites (tertiary alicyclic amines) is 1. The Balaban J connectivity index is 1.95. The summed E-state index contributed by atoms with van der Waals surface area (Å²) in [7, 11) is 2.28. The fraction of sp³-hybridized carbons (Fsp3) is 1.00. The van der Waals surface area contributed by atoms with Gasteiger partial charge in [-0.25, -0.2) is 0 Å². The molecule has 0 aromatic carbocycles. The predicted molar refractivity (Wildman–Crippen MR) is 61.3 cm³/mol. The van der Waals surface area contributed by atoms with Crippen LogP contribution in [0.4, 0.5) is 0 Å². The highest BCUT2D eigenvalue weighted by molar-refractivity contribution is 4.93. The minimum atomic E-state index is 0.528. The van der Waals surface area contributed by atoms with Crippen molar-refractivity contribution >= 4 is 0 Å². The first-order chi connectivity index (χ1) is 6.46. The van der Waals surface area contributed by atoms with Crippen molar-refractivity contribution in [3.8, 4) is 0 Å². The summed E-state index contributed by atoms with van der Waals surface area (Å²) in [5.41, 5.74) is 0.528. The summed E-state index contributed by atoms with van der Waals surface area (Å²) in [5, 5.41) is 0. The predicted octanol–water partition coefficient (Wildman–Crippen LogP) is 3.01. The molecule has 0 amide bonds. The van der Waals surface area contributed by atoms with Gasteiger partial charge in [-0.1, -0.05) is 20.8 Å². The second-order valence-electron chi connectivity index (χ2n) is 6.75. The van der Waals surface area contributed by atoms with Crippen molar-refractivity contribution in [2.45, 2.75) is 40.0 Å². The standard InChI is InChI=1S/C13H25N/c1-13(2,3)7-10-5-6-11-8-14(4)9-12(10)11/h10-12H,5-9H2,1-4H3. The topological polar surface area (TPSA) is 3.24 Å². The number of nitrogens with zero attached hydrogens (tertiary/aromatic N) is 1. The fourth-order valence-corrected chi connectivity index (χ4v) is 3.64. The summed E-state index contributed by atoms with van der Waals surface area (Å²) >= 11 is 0. The van der Waals surface area contributed by atoms with Crippen molar-refractivity contribution in [2.75, 3.05) is 20.1 Å². The first-order valence-corrected chi connectivity index (χ1v) is 6.14. The van der Waals surface area contributed by atoms with Gasteiger partial charge < -0.3 is 4.90 Å². The molecule has 1 aliphatic heterocycles. The van der Waals surface area contributed by atoms with Gasteiger partial charge >= 0.3 is 0 Å². The Morgan fingerprint density at radius 1 is 1.14 bits per heavy atom. The molecule has 0 spiro atoms. The van der Waals surface area contributed by atoms with E-state index in [9.17, 15) is 0 Å². The molecule has 14 heavy (non-hydrogen) atoms. The lowest BCUT2D eigenvalue weighted by molar-refractivity contribution is 0.235. The third-order valence-corrected chi connectivity index (χ3v) is 4.06. The van der Waals surface area contributed by atoms with E-state index in [1.807, 2.05) is 0 Å². The molecular formula is C13H25N. The van der Waals surface area contributed by atoms with Crippen molar-refractivity contribution in [2.24, 2.45) is 23.2 Å². The molecule has 1 saturated heterocycles. The Labute approximate surface area is 88.9 Å². The molecule has 2 aliphatic rings. The third kappa shape index (κ3) is 2.13. The molecule has 2 rings (SSSR count).